The van der Waals surface area contributed by atoms with Crippen molar-refractivity contribution in [2.75, 3.05) is 11.1 Å². The van der Waals surface area contributed by atoms with Crippen LogP contribution in [0.1, 0.15) is 29.3 Å². The molecule has 0 radical (unpaired) electrons. The van der Waals surface area contributed by atoms with E-state index in [-0.39, 0.29) is 16.6 Å². The van der Waals surface area contributed by atoms with E-state index < -0.39 is 9.84 Å². The summed E-state index contributed by atoms with van der Waals surface area (Å²) in [4.78, 5) is 17.2. The number of hydrogen-bond donors (Lipinski definition) is 1. The smallest absolute Gasteiger partial charge is 0.255 e. The van der Waals surface area contributed by atoms with Crippen LogP contribution in [-0.4, -0.2) is 25.1 Å². The van der Waals surface area contributed by atoms with E-state index in [1.54, 1.807) is 6.20 Å². The van der Waals surface area contributed by atoms with Crippen molar-refractivity contribution in [1.29, 1.82) is 0 Å². The van der Waals surface area contributed by atoms with E-state index >= 15 is 0 Å². The first-order valence-corrected chi connectivity index (χ1v) is 10.7. The first kappa shape index (κ1) is 19.8. The molecule has 0 fully saturated rings. The molecule has 0 aliphatic rings. The van der Waals surface area contributed by atoms with Gasteiger partial charge in [0, 0.05) is 23.0 Å². The van der Waals surface area contributed by atoms with Crippen molar-refractivity contribution >= 4 is 21.4 Å². The highest BCUT2D eigenvalue weighted by Gasteiger charge is 2.14. The summed E-state index contributed by atoms with van der Waals surface area (Å²) in [5, 5.41) is 2.86. The number of benzene rings is 2. The number of anilines is 1. The second kappa shape index (κ2) is 8.35. The predicted octanol–water partition coefficient (Wildman–Crippen LogP) is 4.49. The quantitative estimate of drug-likeness (QED) is 0.668. The Balaban J connectivity index is 1.80. The van der Waals surface area contributed by atoms with Gasteiger partial charge in [-0.2, -0.15) is 0 Å². The summed E-state index contributed by atoms with van der Waals surface area (Å²) in [5.41, 5.74) is 3.89. The normalized spacial score (nSPS) is 11.2. The van der Waals surface area contributed by atoms with Crippen molar-refractivity contribution in [3.63, 3.8) is 0 Å². The van der Waals surface area contributed by atoms with Gasteiger partial charge in [0.1, 0.15) is 0 Å². The maximum absolute atomic E-state index is 12.6. The van der Waals surface area contributed by atoms with E-state index in [1.807, 2.05) is 50.2 Å². The molecule has 1 N–H and O–H groups in total. The molecule has 5 nitrogen and oxygen atoms in total. The average molecular weight is 394 g/mol. The highest BCUT2D eigenvalue weighted by molar-refractivity contribution is 7.91. The van der Waals surface area contributed by atoms with Crippen molar-refractivity contribution in [2.45, 2.75) is 25.2 Å². The molecule has 3 aromatic rings. The molecule has 0 unspecified atom stereocenters. The highest BCUT2D eigenvalue weighted by atomic mass is 32.2. The number of aryl methyl sites for hydroxylation is 1. The number of sulfone groups is 1. The molecule has 6 heteroatoms. The van der Waals surface area contributed by atoms with Crippen LogP contribution in [0.25, 0.3) is 11.3 Å². The van der Waals surface area contributed by atoms with Crippen LogP contribution in [0, 0.1) is 6.92 Å². The van der Waals surface area contributed by atoms with Gasteiger partial charge >= 0.3 is 0 Å². The van der Waals surface area contributed by atoms with Gasteiger partial charge in [0.2, 0.25) is 0 Å². The fraction of sp³-hybridized carbons (Fsp3) is 0.182. The lowest BCUT2D eigenvalue weighted by atomic mass is 10.0. The number of carbonyl (C=O) groups excluding carboxylic acids is 1. The SMILES string of the molecule is CCCS(=O)(=O)c1ccc(C(=O)Nc2ccc(C)c(-c3ccccn3)c2)cc1. The number of aromatic nitrogens is 1. The molecule has 0 bridgehead atoms. The molecule has 1 aromatic heterocycles. The topological polar surface area (TPSA) is 76.1 Å². The Morgan fingerprint density at radius 2 is 1.79 bits per heavy atom. The molecule has 1 amide bonds. The summed E-state index contributed by atoms with van der Waals surface area (Å²) in [6, 6.07) is 17.4. The van der Waals surface area contributed by atoms with Gasteiger partial charge in [-0.05, 0) is 67.4 Å². The summed E-state index contributed by atoms with van der Waals surface area (Å²) >= 11 is 0. The van der Waals surface area contributed by atoms with Crippen molar-refractivity contribution in [3.05, 3.63) is 78.0 Å². The third-order valence-corrected chi connectivity index (χ3v) is 6.32. The molecule has 3 rings (SSSR count). The first-order chi connectivity index (χ1) is 13.4. The van der Waals surface area contributed by atoms with Crippen molar-refractivity contribution in [1.82, 2.24) is 4.98 Å². The molecule has 0 saturated heterocycles. The number of pyridine rings is 1. The first-order valence-electron chi connectivity index (χ1n) is 9.07. The molecule has 2 aromatic carbocycles. The number of hydrogen-bond acceptors (Lipinski definition) is 4. The lowest BCUT2D eigenvalue weighted by molar-refractivity contribution is 0.102. The Hall–Kier alpha value is -2.99. The summed E-state index contributed by atoms with van der Waals surface area (Å²) in [6.07, 6.45) is 2.28. The molecule has 1 heterocycles. The zero-order valence-electron chi connectivity index (χ0n) is 15.8. The molecule has 0 spiro atoms. The van der Waals surface area contributed by atoms with Gasteiger partial charge in [0.05, 0.1) is 16.3 Å². The molecule has 0 aliphatic heterocycles. The Morgan fingerprint density at radius 1 is 1.04 bits per heavy atom. The van der Waals surface area contributed by atoms with Crippen LogP contribution >= 0.6 is 0 Å². The van der Waals surface area contributed by atoms with E-state index in [0.717, 1.165) is 16.8 Å². The van der Waals surface area contributed by atoms with Crippen LogP contribution in [0.5, 0.6) is 0 Å². The standard InChI is InChI=1S/C22H22N2O3S/c1-3-14-28(26,27)19-11-8-17(9-12-19)22(25)24-18-10-7-16(2)20(15-18)21-6-4-5-13-23-21/h4-13,15H,3,14H2,1-2H3,(H,24,25). The number of carbonyl (C=O) groups is 1. The lowest BCUT2D eigenvalue weighted by Gasteiger charge is -2.10. The maximum Gasteiger partial charge on any atom is 0.255 e. The van der Waals surface area contributed by atoms with E-state index in [9.17, 15) is 13.2 Å². The molecule has 0 aliphatic carbocycles. The molecule has 0 atom stereocenters. The second-order valence-electron chi connectivity index (χ2n) is 6.54. The molecule has 144 valence electrons. The highest BCUT2D eigenvalue weighted by Crippen LogP contribution is 2.25. The summed E-state index contributed by atoms with van der Waals surface area (Å²) in [7, 11) is -3.29. The van der Waals surface area contributed by atoms with Crippen LogP contribution in [-0.2, 0) is 9.84 Å². The predicted molar refractivity (Wildman–Crippen MR) is 111 cm³/mol. The van der Waals surface area contributed by atoms with Gasteiger partial charge in [-0.15, -0.1) is 0 Å². The van der Waals surface area contributed by atoms with Gasteiger partial charge in [0.15, 0.2) is 9.84 Å². The summed E-state index contributed by atoms with van der Waals surface area (Å²) in [6.45, 7) is 3.81. The number of nitrogens with zero attached hydrogens (tertiary/aromatic N) is 1. The lowest BCUT2D eigenvalue weighted by Crippen LogP contribution is -2.13. The Kier molecular flexibility index (Phi) is 5.90. The number of amides is 1. The number of rotatable bonds is 6. The molecular formula is C22H22N2O3S. The fourth-order valence-electron chi connectivity index (χ4n) is 2.90. The summed E-state index contributed by atoms with van der Waals surface area (Å²) < 4.78 is 24.2. The molecular weight excluding hydrogens is 372 g/mol. The van der Waals surface area contributed by atoms with Crippen LogP contribution in [0.15, 0.2) is 71.8 Å². The van der Waals surface area contributed by atoms with Gasteiger partial charge in [-0.3, -0.25) is 9.78 Å². The molecule has 28 heavy (non-hydrogen) atoms. The van der Waals surface area contributed by atoms with Crippen LogP contribution in [0.4, 0.5) is 5.69 Å². The van der Waals surface area contributed by atoms with Crippen molar-refractivity contribution in [3.8, 4) is 11.3 Å². The van der Waals surface area contributed by atoms with E-state index in [4.69, 9.17) is 0 Å². The van der Waals surface area contributed by atoms with Gasteiger partial charge in [-0.1, -0.05) is 19.1 Å². The van der Waals surface area contributed by atoms with Gasteiger partial charge in [0.25, 0.3) is 5.91 Å². The van der Waals surface area contributed by atoms with Crippen molar-refractivity contribution in [2.24, 2.45) is 0 Å². The third kappa shape index (κ3) is 4.46. The maximum atomic E-state index is 12.6. The Bertz CT molecular complexity index is 1080. The van der Waals surface area contributed by atoms with Crippen LogP contribution in [0.2, 0.25) is 0 Å². The molecule has 0 saturated carbocycles. The average Bonchev–Trinajstić information content (AvgIpc) is 2.70. The minimum Gasteiger partial charge on any atom is -0.322 e. The van der Waals surface area contributed by atoms with E-state index in [1.165, 1.54) is 24.3 Å². The zero-order chi connectivity index (χ0) is 20.1. The zero-order valence-corrected chi connectivity index (χ0v) is 16.7. The van der Waals surface area contributed by atoms with Crippen molar-refractivity contribution < 1.29 is 13.2 Å². The van der Waals surface area contributed by atoms with Gasteiger partial charge in [-0.25, -0.2) is 8.42 Å². The largest absolute Gasteiger partial charge is 0.322 e. The van der Waals surface area contributed by atoms with Crippen LogP contribution in [0.3, 0.4) is 0 Å². The van der Waals surface area contributed by atoms with E-state index in [2.05, 4.69) is 10.3 Å². The minimum absolute atomic E-state index is 0.0954. The fourth-order valence-corrected chi connectivity index (χ4v) is 4.23. The summed E-state index contributed by atoms with van der Waals surface area (Å²) in [5.74, 6) is -0.201. The Labute approximate surface area is 165 Å². The van der Waals surface area contributed by atoms with Gasteiger partial charge < -0.3 is 5.32 Å². The Morgan fingerprint density at radius 3 is 2.43 bits per heavy atom. The number of nitrogens with one attached hydrogen (secondary N) is 1. The third-order valence-electron chi connectivity index (χ3n) is 4.38. The monoisotopic (exact) mass is 394 g/mol. The second-order valence-corrected chi connectivity index (χ2v) is 8.65. The van der Waals surface area contributed by atoms with E-state index in [0.29, 0.717) is 17.7 Å². The minimum atomic E-state index is -3.29. The van der Waals surface area contributed by atoms with Crippen LogP contribution < -0.4 is 5.32 Å².